The number of nitrogens with one attached hydrogen (secondary N) is 1. The fourth-order valence-electron chi connectivity index (χ4n) is 1.92. The second-order valence-corrected chi connectivity index (χ2v) is 4.35. The molecule has 0 amide bonds. The summed E-state index contributed by atoms with van der Waals surface area (Å²) in [5.41, 5.74) is 0.189. The lowest BCUT2D eigenvalue weighted by atomic mass is 10.2. The molecule has 0 bridgehead atoms. The number of carbonyl (C=O) groups is 1. The van der Waals surface area contributed by atoms with Gasteiger partial charge in [-0.25, -0.2) is 0 Å². The van der Waals surface area contributed by atoms with Gasteiger partial charge in [-0.3, -0.25) is 19.8 Å². The Labute approximate surface area is 104 Å². The summed E-state index contributed by atoms with van der Waals surface area (Å²) in [5, 5.41) is 10.5. The zero-order valence-corrected chi connectivity index (χ0v) is 10.1. The van der Waals surface area contributed by atoms with Crippen molar-refractivity contribution in [2.45, 2.75) is 13.0 Å². The Hall–Kier alpha value is -1.73. The van der Waals surface area contributed by atoms with E-state index < -0.39 is 4.92 Å². The molecule has 0 radical (unpaired) electrons. The van der Waals surface area contributed by atoms with Gasteiger partial charge in [-0.05, 0) is 6.92 Å². The summed E-state index contributed by atoms with van der Waals surface area (Å²) in [6.07, 6.45) is 1.23. The van der Waals surface area contributed by atoms with Gasteiger partial charge in [0, 0.05) is 18.7 Å². The summed E-state index contributed by atoms with van der Waals surface area (Å²) < 4.78 is 5.28. The van der Waals surface area contributed by atoms with Gasteiger partial charge in [0.15, 0.2) is 5.78 Å². The van der Waals surface area contributed by atoms with Crippen LogP contribution in [0.1, 0.15) is 17.4 Å². The minimum absolute atomic E-state index is 0.0895. The number of hydrogen-bond donors (Lipinski definition) is 1. The van der Waals surface area contributed by atoms with Crippen molar-refractivity contribution in [1.82, 2.24) is 9.88 Å². The van der Waals surface area contributed by atoms with E-state index in [0.29, 0.717) is 19.8 Å². The van der Waals surface area contributed by atoms with Crippen molar-refractivity contribution in [3.8, 4) is 0 Å². The quantitative estimate of drug-likeness (QED) is 0.487. The minimum Gasteiger partial charge on any atom is -0.379 e. The summed E-state index contributed by atoms with van der Waals surface area (Å²) >= 11 is 0. The molecule has 7 heteroatoms. The number of Topliss-reactive ketones (excluding diaryl/α,β-unsaturated/α-hetero) is 1. The van der Waals surface area contributed by atoms with E-state index in [0.717, 1.165) is 0 Å². The largest absolute Gasteiger partial charge is 0.379 e. The second kappa shape index (κ2) is 5.28. The summed E-state index contributed by atoms with van der Waals surface area (Å²) in [6.45, 7) is 4.17. The molecular formula is C11H15N3O4. The summed E-state index contributed by atoms with van der Waals surface area (Å²) in [6, 6.07) is 1.46. The number of hydrogen-bond acceptors (Lipinski definition) is 5. The molecule has 0 aromatic carbocycles. The van der Waals surface area contributed by atoms with Gasteiger partial charge in [0.1, 0.15) is 0 Å². The summed E-state index contributed by atoms with van der Waals surface area (Å²) in [5.74, 6) is -0.142. The van der Waals surface area contributed by atoms with Crippen LogP contribution in [0.15, 0.2) is 12.3 Å². The van der Waals surface area contributed by atoms with E-state index in [2.05, 4.69) is 4.98 Å². The Morgan fingerprint density at radius 1 is 1.72 bits per heavy atom. The Morgan fingerprint density at radius 2 is 2.50 bits per heavy atom. The van der Waals surface area contributed by atoms with Gasteiger partial charge in [0.2, 0.25) is 0 Å². The molecule has 98 valence electrons. The number of H-pyrrole nitrogens is 1. The molecule has 1 fully saturated rings. The predicted octanol–water partition coefficient (Wildman–Crippen LogP) is 0.826. The van der Waals surface area contributed by atoms with Crippen LogP contribution in [-0.2, 0) is 4.74 Å². The SMILES string of the molecule is CC1COCCN1CC(=O)c1cc([N+](=O)[O-])c[nH]1. The van der Waals surface area contributed by atoms with E-state index in [9.17, 15) is 14.9 Å². The van der Waals surface area contributed by atoms with Gasteiger partial charge in [-0.15, -0.1) is 0 Å². The van der Waals surface area contributed by atoms with E-state index in [1.807, 2.05) is 11.8 Å². The van der Waals surface area contributed by atoms with Crippen LogP contribution in [-0.4, -0.2) is 52.9 Å². The third-order valence-corrected chi connectivity index (χ3v) is 3.03. The first-order valence-electron chi connectivity index (χ1n) is 5.75. The first kappa shape index (κ1) is 12.7. The van der Waals surface area contributed by atoms with E-state index in [4.69, 9.17) is 4.74 Å². The van der Waals surface area contributed by atoms with Gasteiger partial charge in [-0.1, -0.05) is 0 Å². The van der Waals surface area contributed by atoms with Gasteiger partial charge >= 0.3 is 0 Å². The third-order valence-electron chi connectivity index (χ3n) is 3.03. The molecule has 1 N–H and O–H groups in total. The van der Waals surface area contributed by atoms with Crippen molar-refractivity contribution in [3.63, 3.8) is 0 Å². The van der Waals surface area contributed by atoms with Gasteiger partial charge in [-0.2, -0.15) is 0 Å². The van der Waals surface area contributed by atoms with Crippen LogP contribution in [0.2, 0.25) is 0 Å². The first-order chi connectivity index (χ1) is 8.58. The van der Waals surface area contributed by atoms with E-state index >= 15 is 0 Å². The van der Waals surface area contributed by atoms with Crippen molar-refractivity contribution in [3.05, 3.63) is 28.1 Å². The molecule has 7 nitrogen and oxygen atoms in total. The molecule has 1 unspecified atom stereocenters. The predicted molar refractivity (Wildman–Crippen MR) is 63.6 cm³/mol. The maximum absolute atomic E-state index is 12.0. The fourth-order valence-corrected chi connectivity index (χ4v) is 1.92. The number of nitrogens with zero attached hydrogens (tertiary/aromatic N) is 2. The maximum atomic E-state index is 12.0. The smallest absolute Gasteiger partial charge is 0.287 e. The van der Waals surface area contributed by atoms with Crippen LogP contribution in [0.4, 0.5) is 5.69 Å². The normalized spacial score (nSPS) is 20.8. The number of ketones is 1. The van der Waals surface area contributed by atoms with Crippen LogP contribution >= 0.6 is 0 Å². The molecule has 1 aromatic rings. The number of carbonyl (C=O) groups excluding carboxylic acids is 1. The molecule has 1 aliphatic heterocycles. The van der Waals surface area contributed by atoms with Crippen LogP contribution in [0, 0.1) is 10.1 Å². The number of nitro groups is 1. The lowest BCUT2D eigenvalue weighted by Crippen LogP contribution is -2.46. The van der Waals surface area contributed by atoms with E-state index in [1.54, 1.807) is 0 Å². The molecular weight excluding hydrogens is 238 g/mol. The molecule has 0 spiro atoms. The molecule has 2 heterocycles. The standard InChI is InChI=1S/C11H15N3O4/c1-8-7-18-3-2-13(8)6-11(15)10-4-9(5-12-10)14(16)17/h4-5,8,12H,2-3,6-7H2,1H3. The van der Waals surface area contributed by atoms with Crippen molar-refractivity contribution >= 4 is 11.5 Å². The Balaban J connectivity index is 2.00. The van der Waals surface area contributed by atoms with Crippen LogP contribution < -0.4 is 0 Å². The number of aromatic nitrogens is 1. The maximum Gasteiger partial charge on any atom is 0.287 e. The highest BCUT2D eigenvalue weighted by atomic mass is 16.6. The molecule has 1 saturated heterocycles. The molecule has 0 saturated carbocycles. The van der Waals surface area contributed by atoms with E-state index in [-0.39, 0.29) is 29.8 Å². The molecule has 1 aromatic heterocycles. The summed E-state index contributed by atoms with van der Waals surface area (Å²) in [7, 11) is 0. The zero-order valence-electron chi connectivity index (χ0n) is 10.1. The Bertz CT molecular complexity index is 457. The topological polar surface area (TPSA) is 88.5 Å². The van der Waals surface area contributed by atoms with E-state index in [1.165, 1.54) is 12.3 Å². The highest BCUT2D eigenvalue weighted by Crippen LogP contribution is 2.14. The van der Waals surface area contributed by atoms with Crippen LogP contribution in [0.3, 0.4) is 0 Å². The average molecular weight is 253 g/mol. The molecule has 0 aliphatic carbocycles. The Morgan fingerprint density at radius 3 is 3.11 bits per heavy atom. The van der Waals surface area contributed by atoms with Crippen LogP contribution in [0.25, 0.3) is 0 Å². The minimum atomic E-state index is -0.523. The number of aromatic amines is 1. The average Bonchev–Trinajstić information content (AvgIpc) is 2.81. The number of rotatable bonds is 4. The molecule has 2 rings (SSSR count). The van der Waals surface area contributed by atoms with Crippen LogP contribution in [0.5, 0.6) is 0 Å². The lowest BCUT2D eigenvalue weighted by molar-refractivity contribution is -0.384. The Kier molecular flexibility index (Phi) is 3.73. The van der Waals surface area contributed by atoms with Gasteiger partial charge in [0.05, 0.1) is 36.6 Å². The molecule has 1 aliphatic rings. The van der Waals surface area contributed by atoms with Gasteiger partial charge < -0.3 is 9.72 Å². The molecule has 1 atom stereocenters. The lowest BCUT2D eigenvalue weighted by Gasteiger charge is -2.32. The monoisotopic (exact) mass is 253 g/mol. The highest BCUT2D eigenvalue weighted by Gasteiger charge is 2.23. The number of ether oxygens (including phenoxy) is 1. The summed E-state index contributed by atoms with van der Waals surface area (Å²) in [4.78, 5) is 26.6. The fraction of sp³-hybridized carbons (Fsp3) is 0.545. The number of morpholine rings is 1. The first-order valence-corrected chi connectivity index (χ1v) is 5.75. The van der Waals surface area contributed by atoms with Crippen molar-refractivity contribution in [1.29, 1.82) is 0 Å². The third kappa shape index (κ3) is 2.74. The zero-order chi connectivity index (χ0) is 13.1. The second-order valence-electron chi connectivity index (χ2n) is 4.35. The van der Waals surface area contributed by atoms with Gasteiger partial charge in [0.25, 0.3) is 5.69 Å². The molecule has 18 heavy (non-hydrogen) atoms. The van der Waals surface area contributed by atoms with Crippen molar-refractivity contribution < 1.29 is 14.5 Å². The van der Waals surface area contributed by atoms with Crippen molar-refractivity contribution in [2.24, 2.45) is 0 Å². The highest BCUT2D eigenvalue weighted by molar-refractivity contribution is 5.96. The van der Waals surface area contributed by atoms with Crippen molar-refractivity contribution in [2.75, 3.05) is 26.3 Å².